The highest BCUT2D eigenvalue weighted by Gasteiger charge is 2.71. The molecule has 0 N–H and O–H groups in total. The van der Waals surface area contributed by atoms with Gasteiger partial charge in [0.25, 0.3) is 0 Å². The van der Waals surface area contributed by atoms with Crippen LogP contribution in [-0.2, 0) is 4.79 Å². The summed E-state index contributed by atoms with van der Waals surface area (Å²) in [5.74, 6) is 5.53. The van der Waals surface area contributed by atoms with Gasteiger partial charge in [-0.3, -0.25) is 4.79 Å². The number of ketones is 1. The van der Waals surface area contributed by atoms with Crippen LogP contribution in [0.1, 0.15) is 155 Å². The number of alkyl halides is 1. The lowest BCUT2D eigenvalue weighted by atomic mass is 9.41. The van der Waals surface area contributed by atoms with Crippen LogP contribution in [0.3, 0.4) is 0 Å². The highest BCUT2D eigenvalue weighted by molar-refractivity contribution is 5.98. The van der Waals surface area contributed by atoms with E-state index in [1.54, 1.807) is 0 Å². The molecular weight excluding hydrogens is 443 g/mol. The molecule has 1 unspecified atom stereocenters. The van der Waals surface area contributed by atoms with Crippen LogP contribution in [0.4, 0.5) is 4.39 Å². The molecule has 0 heterocycles. The summed E-state index contributed by atoms with van der Waals surface area (Å²) in [5, 5.41) is 0. The lowest BCUT2D eigenvalue weighted by Gasteiger charge is -2.62. The number of hydrogen-bond donors (Lipinski definition) is 0. The molecule has 2 spiro atoms. The highest BCUT2D eigenvalue weighted by atomic mass is 19.1. The van der Waals surface area contributed by atoms with Crippen molar-refractivity contribution >= 4 is 5.78 Å². The minimum Gasteiger partial charge on any atom is -0.298 e. The molecule has 5 aliphatic rings. The van der Waals surface area contributed by atoms with Crippen LogP contribution in [0.2, 0.25) is 0 Å². The number of halogens is 1. The second kappa shape index (κ2) is 11.8. The minimum atomic E-state index is -0.839. The predicted octanol–water partition coefficient (Wildman–Crippen LogP) is 10.3. The summed E-state index contributed by atoms with van der Waals surface area (Å²) in [6.07, 6.45) is 26.7. The predicted molar refractivity (Wildman–Crippen MR) is 149 cm³/mol. The largest absolute Gasteiger partial charge is 0.298 e. The summed E-state index contributed by atoms with van der Waals surface area (Å²) in [5.41, 5.74) is -1.14. The van der Waals surface area contributed by atoms with Crippen LogP contribution in [0.25, 0.3) is 0 Å². The van der Waals surface area contributed by atoms with E-state index in [0.29, 0.717) is 5.78 Å². The van der Waals surface area contributed by atoms with Crippen molar-refractivity contribution in [1.29, 1.82) is 0 Å². The summed E-state index contributed by atoms with van der Waals surface area (Å²) in [7, 11) is 0. The van der Waals surface area contributed by atoms with Gasteiger partial charge in [0, 0.05) is 0 Å². The first-order valence-electron chi connectivity index (χ1n) is 16.7. The lowest BCUT2D eigenvalue weighted by molar-refractivity contribution is -0.194. The molecule has 2 heteroatoms. The van der Waals surface area contributed by atoms with Gasteiger partial charge in [-0.15, -0.1) is 0 Å². The minimum absolute atomic E-state index is 0.380. The summed E-state index contributed by atoms with van der Waals surface area (Å²) < 4.78 is 16.1. The monoisotopic (exact) mass is 500 g/mol. The molecule has 0 saturated heterocycles. The smallest absolute Gasteiger partial charge is 0.151 e. The van der Waals surface area contributed by atoms with Gasteiger partial charge in [-0.1, -0.05) is 78.1 Å². The molecule has 0 aromatic heterocycles. The zero-order valence-corrected chi connectivity index (χ0v) is 23.9. The van der Waals surface area contributed by atoms with Crippen molar-refractivity contribution in [2.24, 2.45) is 46.3 Å². The molecule has 0 aromatic carbocycles. The van der Waals surface area contributed by atoms with Crippen LogP contribution in [0.15, 0.2) is 0 Å². The van der Waals surface area contributed by atoms with E-state index in [2.05, 4.69) is 13.8 Å². The molecule has 0 aliphatic heterocycles. The van der Waals surface area contributed by atoms with Crippen molar-refractivity contribution in [2.45, 2.75) is 161 Å². The van der Waals surface area contributed by atoms with Crippen LogP contribution >= 0.6 is 0 Å². The number of Topliss-reactive ketones (excluding diaryl/α,β-unsaturated/α-hetero) is 1. The normalized spacial score (nSPS) is 45.6. The van der Waals surface area contributed by atoms with Gasteiger partial charge in [0.15, 0.2) is 5.78 Å². The van der Waals surface area contributed by atoms with Crippen molar-refractivity contribution in [2.75, 3.05) is 0 Å². The number of carbonyl (C=O) groups excluding carboxylic acids is 1. The Hall–Kier alpha value is -0.400. The third-order valence-corrected chi connectivity index (χ3v) is 12.9. The Morgan fingerprint density at radius 2 is 1.06 bits per heavy atom. The summed E-state index contributed by atoms with van der Waals surface area (Å²) in [6.45, 7) is 4.63. The van der Waals surface area contributed by atoms with Gasteiger partial charge in [-0.25, -0.2) is 4.39 Å². The number of hydrogen-bond acceptors (Lipinski definition) is 1. The van der Waals surface area contributed by atoms with E-state index in [9.17, 15) is 4.79 Å². The zero-order chi connectivity index (χ0) is 25.2. The van der Waals surface area contributed by atoms with Gasteiger partial charge >= 0.3 is 0 Å². The van der Waals surface area contributed by atoms with E-state index < -0.39 is 17.0 Å². The van der Waals surface area contributed by atoms with Gasteiger partial charge in [-0.05, 0) is 113 Å². The Morgan fingerprint density at radius 3 is 1.47 bits per heavy atom. The van der Waals surface area contributed by atoms with E-state index in [0.717, 1.165) is 86.9 Å². The quantitative estimate of drug-likeness (QED) is 0.303. The second-order valence-electron chi connectivity index (χ2n) is 14.5. The molecule has 5 fully saturated rings. The lowest BCUT2D eigenvalue weighted by Crippen LogP contribution is -2.69. The number of carbonyl (C=O) groups is 1. The van der Waals surface area contributed by atoms with E-state index in [1.807, 2.05) is 0 Å². The van der Waals surface area contributed by atoms with Crippen molar-refractivity contribution < 1.29 is 9.18 Å². The summed E-state index contributed by atoms with van der Waals surface area (Å²) >= 11 is 0. The van der Waals surface area contributed by atoms with Crippen molar-refractivity contribution in [3.05, 3.63) is 0 Å². The Bertz CT molecular complexity index is 697. The molecule has 1 atom stereocenters. The molecule has 0 bridgehead atoms. The highest BCUT2D eigenvalue weighted by Crippen LogP contribution is 2.66. The van der Waals surface area contributed by atoms with Crippen LogP contribution in [0, 0.1) is 46.3 Å². The average Bonchev–Trinajstić information content (AvgIpc) is 2.95. The molecule has 36 heavy (non-hydrogen) atoms. The first kappa shape index (κ1) is 27.2. The maximum absolute atomic E-state index is 16.1. The Morgan fingerprint density at radius 1 is 0.611 bits per heavy atom. The molecule has 0 radical (unpaired) electrons. The first-order valence-corrected chi connectivity index (χ1v) is 16.7. The first-order chi connectivity index (χ1) is 17.5. The van der Waals surface area contributed by atoms with E-state index in [1.165, 1.54) is 89.9 Å². The van der Waals surface area contributed by atoms with Gasteiger partial charge in [-0.2, -0.15) is 0 Å². The average molecular weight is 501 g/mol. The molecule has 5 rings (SSSR count). The maximum atomic E-state index is 16.1. The molecular formula is C34H57FO. The van der Waals surface area contributed by atoms with Crippen molar-refractivity contribution in [1.82, 2.24) is 0 Å². The Kier molecular flexibility index (Phi) is 8.89. The second-order valence-corrected chi connectivity index (χ2v) is 14.5. The topological polar surface area (TPSA) is 17.1 Å². The summed E-state index contributed by atoms with van der Waals surface area (Å²) in [4.78, 5) is 13.7. The zero-order valence-electron chi connectivity index (χ0n) is 23.9. The fourth-order valence-corrected chi connectivity index (χ4v) is 10.3. The van der Waals surface area contributed by atoms with Gasteiger partial charge < -0.3 is 0 Å². The molecule has 206 valence electrons. The van der Waals surface area contributed by atoms with E-state index in [4.69, 9.17) is 0 Å². The number of unbranched alkanes of at least 4 members (excludes halogenated alkanes) is 3. The molecule has 0 aromatic rings. The van der Waals surface area contributed by atoms with E-state index >= 15 is 4.39 Å². The van der Waals surface area contributed by atoms with Crippen molar-refractivity contribution in [3.63, 3.8) is 0 Å². The van der Waals surface area contributed by atoms with Crippen LogP contribution in [0.5, 0.6) is 0 Å². The van der Waals surface area contributed by atoms with Crippen LogP contribution < -0.4 is 0 Å². The SMILES string of the molecule is CCCCCCC1CCC(C2CCC3(CC2)C(=O)C2(CCC(C4CCC(CC)CC4)CC2)C3F)CC1. The standard InChI is InChI=1S/C34H57FO/c1-3-5-6-7-8-26-11-15-28(16-12-26)30-19-23-34(24-20-30)31(35)33(32(34)36)21-17-29(18-22-33)27-13-9-25(4-2)10-14-27/h25-31H,3-24H2,1-2H3. The fraction of sp³-hybridized carbons (Fsp3) is 0.971. The molecule has 5 aliphatic carbocycles. The van der Waals surface area contributed by atoms with Gasteiger partial charge in [0.2, 0.25) is 0 Å². The number of rotatable bonds is 8. The van der Waals surface area contributed by atoms with Crippen molar-refractivity contribution in [3.8, 4) is 0 Å². The van der Waals surface area contributed by atoms with E-state index in [-0.39, 0.29) is 0 Å². The van der Waals surface area contributed by atoms with Gasteiger partial charge in [0.05, 0.1) is 10.8 Å². The Balaban J connectivity index is 1.06. The third-order valence-electron chi connectivity index (χ3n) is 12.9. The van der Waals surface area contributed by atoms with Gasteiger partial charge in [0.1, 0.15) is 6.17 Å². The van der Waals surface area contributed by atoms with Crippen LogP contribution in [-0.4, -0.2) is 12.0 Å². The summed E-state index contributed by atoms with van der Waals surface area (Å²) in [6, 6.07) is 0. The molecule has 5 saturated carbocycles. The molecule has 0 amide bonds. The Labute approximate surface area is 222 Å². The molecule has 1 nitrogen and oxygen atoms in total. The fourth-order valence-electron chi connectivity index (χ4n) is 10.3. The maximum Gasteiger partial charge on any atom is 0.151 e. The third kappa shape index (κ3) is 5.11.